The summed E-state index contributed by atoms with van der Waals surface area (Å²) >= 11 is 0. The molecule has 0 aliphatic heterocycles. The first-order valence-electron chi connectivity index (χ1n) is 6.70. The molecule has 1 aromatic rings. The molecule has 1 aromatic heterocycles. The van der Waals surface area contributed by atoms with Crippen molar-refractivity contribution in [2.24, 2.45) is 13.0 Å². The van der Waals surface area contributed by atoms with E-state index in [1.807, 2.05) is 20.2 Å². The third kappa shape index (κ3) is 4.91. The number of nitrogens with zero attached hydrogens (tertiary/aromatic N) is 2. The van der Waals surface area contributed by atoms with Crippen LogP contribution in [-0.4, -0.2) is 33.4 Å². The maximum absolute atomic E-state index is 11.6. The minimum Gasteiger partial charge on any atom is -0.481 e. The minimum absolute atomic E-state index is 0.298. The number of aromatic nitrogens is 2. The molecule has 0 aliphatic rings. The number of carboxylic acid groups (broad SMARTS) is 1. The molecule has 0 aliphatic carbocycles. The monoisotopic (exact) mass is 282 g/mol. The average molecular weight is 282 g/mol. The Bertz CT molecular complexity index is 470. The molecular weight excluding hydrogens is 260 g/mol. The molecule has 2 amide bonds. The molecule has 0 aromatic carbocycles. The second-order valence-corrected chi connectivity index (χ2v) is 4.77. The Morgan fingerprint density at radius 3 is 2.75 bits per heavy atom. The lowest BCUT2D eigenvalue weighted by Gasteiger charge is -2.09. The summed E-state index contributed by atoms with van der Waals surface area (Å²) in [5.74, 6) is -1.31. The number of carbonyl (C=O) groups excluding carboxylic acids is 1. The number of carbonyl (C=O) groups is 2. The first-order chi connectivity index (χ1) is 9.43. The molecule has 0 saturated heterocycles. The fourth-order valence-electron chi connectivity index (χ4n) is 1.79. The maximum atomic E-state index is 11.6. The number of hydrogen-bond donors (Lipinski definition) is 3. The van der Waals surface area contributed by atoms with Crippen LogP contribution in [0.1, 0.15) is 31.5 Å². The standard InChI is InChI=1S/C13H22N4O3/c1-4-11-10(8-17(3)16-11)7-15-13(20)14-6-5-9(2)12(18)19/h8-9H,4-7H2,1-3H3,(H,18,19)(H2,14,15,20). The highest BCUT2D eigenvalue weighted by molar-refractivity contribution is 5.74. The number of amides is 2. The van der Waals surface area contributed by atoms with Gasteiger partial charge in [0.2, 0.25) is 0 Å². The van der Waals surface area contributed by atoms with Gasteiger partial charge in [-0.15, -0.1) is 0 Å². The summed E-state index contributed by atoms with van der Waals surface area (Å²) in [5, 5.41) is 18.4. The Morgan fingerprint density at radius 1 is 1.45 bits per heavy atom. The Kier molecular flexibility index (Phi) is 6.02. The molecule has 1 atom stereocenters. The third-order valence-corrected chi connectivity index (χ3v) is 3.05. The van der Waals surface area contributed by atoms with E-state index < -0.39 is 11.9 Å². The molecule has 0 saturated carbocycles. The van der Waals surface area contributed by atoms with Crippen molar-refractivity contribution in [3.63, 3.8) is 0 Å². The van der Waals surface area contributed by atoms with E-state index in [0.717, 1.165) is 17.7 Å². The topological polar surface area (TPSA) is 96.3 Å². The van der Waals surface area contributed by atoms with Gasteiger partial charge in [0, 0.05) is 31.9 Å². The Balaban J connectivity index is 2.31. The van der Waals surface area contributed by atoms with Crippen molar-refractivity contribution in [1.82, 2.24) is 20.4 Å². The summed E-state index contributed by atoms with van der Waals surface area (Å²) in [5.41, 5.74) is 1.95. The predicted molar refractivity (Wildman–Crippen MR) is 74.2 cm³/mol. The van der Waals surface area contributed by atoms with Crippen LogP contribution < -0.4 is 10.6 Å². The van der Waals surface area contributed by atoms with Gasteiger partial charge in [-0.3, -0.25) is 9.48 Å². The molecule has 0 spiro atoms. The van der Waals surface area contributed by atoms with Crippen molar-refractivity contribution in [2.75, 3.05) is 6.54 Å². The highest BCUT2D eigenvalue weighted by Crippen LogP contribution is 2.06. The van der Waals surface area contributed by atoms with E-state index in [4.69, 9.17) is 5.11 Å². The molecular formula is C13H22N4O3. The molecule has 1 rings (SSSR count). The van der Waals surface area contributed by atoms with Crippen LogP contribution >= 0.6 is 0 Å². The van der Waals surface area contributed by atoms with E-state index >= 15 is 0 Å². The van der Waals surface area contributed by atoms with E-state index in [2.05, 4.69) is 15.7 Å². The second-order valence-electron chi connectivity index (χ2n) is 4.77. The Hall–Kier alpha value is -2.05. The molecule has 20 heavy (non-hydrogen) atoms. The Morgan fingerprint density at radius 2 is 2.15 bits per heavy atom. The number of aryl methyl sites for hydroxylation is 2. The SMILES string of the molecule is CCc1nn(C)cc1CNC(=O)NCCC(C)C(=O)O. The minimum atomic E-state index is -0.852. The average Bonchev–Trinajstić information content (AvgIpc) is 2.76. The summed E-state index contributed by atoms with van der Waals surface area (Å²) in [6.07, 6.45) is 3.11. The first-order valence-corrected chi connectivity index (χ1v) is 6.70. The first kappa shape index (κ1) is 16.0. The van der Waals surface area contributed by atoms with Crippen LogP contribution in [0.25, 0.3) is 0 Å². The lowest BCUT2D eigenvalue weighted by Crippen LogP contribution is -2.36. The van der Waals surface area contributed by atoms with Gasteiger partial charge in [0.1, 0.15) is 0 Å². The van der Waals surface area contributed by atoms with Gasteiger partial charge in [-0.2, -0.15) is 5.10 Å². The van der Waals surface area contributed by atoms with Crippen LogP contribution in [0.5, 0.6) is 0 Å². The van der Waals surface area contributed by atoms with Crippen molar-refractivity contribution in [1.29, 1.82) is 0 Å². The fraction of sp³-hybridized carbons (Fsp3) is 0.615. The Labute approximate surface area is 118 Å². The van der Waals surface area contributed by atoms with Gasteiger partial charge in [0.05, 0.1) is 11.6 Å². The van der Waals surface area contributed by atoms with E-state index in [1.165, 1.54) is 0 Å². The quantitative estimate of drug-likeness (QED) is 0.692. The smallest absolute Gasteiger partial charge is 0.315 e. The number of urea groups is 1. The number of nitrogens with one attached hydrogen (secondary N) is 2. The number of aliphatic carboxylic acids is 1. The van der Waals surface area contributed by atoms with Crippen LogP contribution in [-0.2, 0) is 24.8 Å². The van der Waals surface area contributed by atoms with Crippen LogP contribution in [0.15, 0.2) is 6.20 Å². The van der Waals surface area contributed by atoms with Gasteiger partial charge >= 0.3 is 12.0 Å². The van der Waals surface area contributed by atoms with Crippen molar-refractivity contribution in [2.45, 2.75) is 33.2 Å². The van der Waals surface area contributed by atoms with E-state index in [0.29, 0.717) is 19.5 Å². The zero-order valence-corrected chi connectivity index (χ0v) is 12.1. The molecule has 0 radical (unpaired) electrons. The van der Waals surface area contributed by atoms with Gasteiger partial charge in [-0.25, -0.2) is 4.79 Å². The summed E-state index contributed by atoms with van der Waals surface area (Å²) in [6, 6.07) is -0.298. The van der Waals surface area contributed by atoms with Crippen molar-refractivity contribution < 1.29 is 14.7 Å². The van der Waals surface area contributed by atoms with Gasteiger partial charge < -0.3 is 15.7 Å². The third-order valence-electron chi connectivity index (χ3n) is 3.05. The van der Waals surface area contributed by atoms with Crippen molar-refractivity contribution in [3.8, 4) is 0 Å². The molecule has 3 N–H and O–H groups in total. The molecule has 112 valence electrons. The molecule has 0 fully saturated rings. The lowest BCUT2D eigenvalue weighted by molar-refractivity contribution is -0.141. The van der Waals surface area contributed by atoms with Gasteiger partial charge in [-0.1, -0.05) is 13.8 Å². The molecule has 0 bridgehead atoms. The zero-order valence-electron chi connectivity index (χ0n) is 12.1. The van der Waals surface area contributed by atoms with Crippen LogP contribution in [0.4, 0.5) is 4.79 Å². The van der Waals surface area contributed by atoms with Crippen molar-refractivity contribution >= 4 is 12.0 Å². The largest absolute Gasteiger partial charge is 0.481 e. The molecule has 7 heteroatoms. The van der Waals surface area contributed by atoms with Gasteiger partial charge in [-0.05, 0) is 12.8 Å². The summed E-state index contributed by atoms with van der Waals surface area (Å²) in [6.45, 7) is 4.38. The molecule has 1 unspecified atom stereocenters. The van der Waals surface area contributed by atoms with E-state index in [1.54, 1.807) is 11.6 Å². The highest BCUT2D eigenvalue weighted by Gasteiger charge is 2.11. The van der Waals surface area contributed by atoms with Gasteiger partial charge in [0.15, 0.2) is 0 Å². The van der Waals surface area contributed by atoms with E-state index in [-0.39, 0.29) is 6.03 Å². The molecule has 7 nitrogen and oxygen atoms in total. The number of hydrogen-bond acceptors (Lipinski definition) is 3. The number of rotatable bonds is 7. The number of carboxylic acids is 1. The second kappa shape index (κ2) is 7.52. The van der Waals surface area contributed by atoms with Crippen LogP contribution in [0, 0.1) is 5.92 Å². The summed E-state index contributed by atoms with van der Waals surface area (Å²) < 4.78 is 1.72. The lowest BCUT2D eigenvalue weighted by atomic mass is 10.1. The van der Waals surface area contributed by atoms with E-state index in [9.17, 15) is 9.59 Å². The van der Waals surface area contributed by atoms with Crippen LogP contribution in [0.2, 0.25) is 0 Å². The maximum Gasteiger partial charge on any atom is 0.315 e. The predicted octanol–water partition coefficient (Wildman–Crippen LogP) is 0.892. The highest BCUT2D eigenvalue weighted by atomic mass is 16.4. The fourth-order valence-corrected chi connectivity index (χ4v) is 1.79. The molecule has 1 heterocycles. The van der Waals surface area contributed by atoms with Crippen LogP contribution in [0.3, 0.4) is 0 Å². The normalized spacial score (nSPS) is 11.9. The zero-order chi connectivity index (χ0) is 15.1. The summed E-state index contributed by atoms with van der Waals surface area (Å²) in [4.78, 5) is 22.2. The van der Waals surface area contributed by atoms with Crippen molar-refractivity contribution in [3.05, 3.63) is 17.5 Å². The van der Waals surface area contributed by atoms with Gasteiger partial charge in [0.25, 0.3) is 0 Å². The summed E-state index contributed by atoms with van der Waals surface area (Å²) in [7, 11) is 1.84.